The van der Waals surface area contributed by atoms with E-state index in [1.54, 1.807) is 0 Å². The fraction of sp³-hybridized carbons (Fsp3) is 0.316. The van der Waals surface area contributed by atoms with E-state index in [0.29, 0.717) is 0 Å². The van der Waals surface area contributed by atoms with Crippen LogP contribution >= 0.6 is 0 Å². The molecule has 1 aromatic carbocycles. The molecule has 5 nitrogen and oxygen atoms in total. The van der Waals surface area contributed by atoms with Crippen molar-refractivity contribution >= 4 is 0 Å². The minimum Gasteiger partial charge on any atom is -0.356 e. The molecule has 0 spiro atoms. The Bertz CT molecular complexity index is 857. The molecule has 3 heterocycles. The number of aromatic nitrogens is 3. The maximum atomic E-state index is 5.61. The summed E-state index contributed by atoms with van der Waals surface area (Å²) in [4.78, 5) is 11.3. The fourth-order valence-electron chi connectivity index (χ4n) is 3.22. The van der Waals surface area contributed by atoms with Crippen LogP contribution in [0, 0.1) is 13.8 Å². The minimum absolute atomic E-state index is 0.826. The Hall–Kier alpha value is -2.53. The van der Waals surface area contributed by atoms with Gasteiger partial charge < -0.3 is 4.52 Å². The average Bonchev–Trinajstić information content (AvgIpc) is 2.96. The summed E-state index contributed by atoms with van der Waals surface area (Å²) in [7, 11) is 0. The predicted molar refractivity (Wildman–Crippen MR) is 91.3 cm³/mol. The first-order valence-corrected chi connectivity index (χ1v) is 8.25. The molecule has 0 unspecified atom stereocenters. The molecule has 5 heteroatoms. The maximum Gasteiger partial charge on any atom is 0.171 e. The third-order valence-corrected chi connectivity index (χ3v) is 4.54. The van der Waals surface area contributed by atoms with Crippen molar-refractivity contribution in [3.8, 4) is 11.3 Å². The second-order valence-corrected chi connectivity index (χ2v) is 6.29. The van der Waals surface area contributed by atoms with Crippen molar-refractivity contribution in [3.05, 3.63) is 64.9 Å². The molecule has 2 aromatic heterocycles. The lowest BCUT2D eigenvalue weighted by atomic mass is 10.0. The molecule has 1 aliphatic rings. The predicted octanol–water partition coefficient (Wildman–Crippen LogP) is 3.31. The highest BCUT2D eigenvalue weighted by Gasteiger charge is 2.22. The summed E-state index contributed by atoms with van der Waals surface area (Å²) in [5, 5.41) is 4.19. The van der Waals surface area contributed by atoms with Gasteiger partial charge in [0.25, 0.3) is 0 Å². The van der Waals surface area contributed by atoms with E-state index in [-0.39, 0.29) is 0 Å². The molecule has 0 fully saturated rings. The average molecular weight is 320 g/mol. The lowest BCUT2D eigenvalue weighted by Crippen LogP contribution is -2.31. The van der Waals surface area contributed by atoms with Crippen LogP contribution in [-0.4, -0.2) is 26.6 Å². The molecule has 122 valence electrons. The SMILES string of the molecule is Cc1ncc2c(n1)CCN(Cc1c(C)noc1-c1ccccc1)C2. The molecular weight excluding hydrogens is 300 g/mol. The zero-order valence-corrected chi connectivity index (χ0v) is 14.0. The van der Waals surface area contributed by atoms with E-state index in [1.165, 1.54) is 11.3 Å². The molecule has 0 atom stereocenters. The Morgan fingerprint density at radius 3 is 2.83 bits per heavy atom. The number of hydrogen-bond acceptors (Lipinski definition) is 5. The fourth-order valence-corrected chi connectivity index (χ4v) is 3.22. The minimum atomic E-state index is 0.826. The van der Waals surface area contributed by atoms with E-state index < -0.39 is 0 Å². The molecule has 24 heavy (non-hydrogen) atoms. The van der Waals surface area contributed by atoms with Gasteiger partial charge in [-0.05, 0) is 13.8 Å². The van der Waals surface area contributed by atoms with Crippen LogP contribution in [0.1, 0.15) is 28.3 Å². The summed E-state index contributed by atoms with van der Waals surface area (Å²) in [5.41, 5.74) is 5.60. The molecule has 0 bridgehead atoms. The summed E-state index contributed by atoms with van der Waals surface area (Å²) in [6.45, 7) is 6.64. The van der Waals surface area contributed by atoms with Crippen LogP contribution in [0.25, 0.3) is 11.3 Å². The van der Waals surface area contributed by atoms with Crippen LogP contribution < -0.4 is 0 Å². The Morgan fingerprint density at radius 2 is 2.00 bits per heavy atom. The van der Waals surface area contributed by atoms with Gasteiger partial charge in [-0.25, -0.2) is 9.97 Å². The monoisotopic (exact) mass is 320 g/mol. The van der Waals surface area contributed by atoms with Gasteiger partial charge in [0.15, 0.2) is 5.76 Å². The highest BCUT2D eigenvalue weighted by molar-refractivity contribution is 5.61. The molecular formula is C19H20N4O. The van der Waals surface area contributed by atoms with Crippen LogP contribution in [0.4, 0.5) is 0 Å². The molecule has 0 radical (unpaired) electrons. The Morgan fingerprint density at radius 1 is 1.17 bits per heavy atom. The maximum absolute atomic E-state index is 5.61. The topological polar surface area (TPSA) is 55.1 Å². The number of hydrogen-bond donors (Lipinski definition) is 0. The van der Waals surface area contributed by atoms with Gasteiger partial charge >= 0.3 is 0 Å². The number of aryl methyl sites for hydroxylation is 2. The highest BCUT2D eigenvalue weighted by Crippen LogP contribution is 2.28. The number of benzene rings is 1. The third-order valence-electron chi connectivity index (χ3n) is 4.54. The van der Waals surface area contributed by atoms with Gasteiger partial charge in [0, 0.05) is 54.6 Å². The smallest absolute Gasteiger partial charge is 0.171 e. The zero-order valence-electron chi connectivity index (χ0n) is 14.0. The number of nitrogens with zero attached hydrogens (tertiary/aromatic N) is 4. The van der Waals surface area contributed by atoms with Crippen molar-refractivity contribution in [2.24, 2.45) is 0 Å². The van der Waals surface area contributed by atoms with Gasteiger partial charge in [-0.3, -0.25) is 4.90 Å². The van der Waals surface area contributed by atoms with Crippen LogP contribution in [0.15, 0.2) is 41.1 Å². The molecule has 4 rings (SSSR count). The molecule has 3 aromatic rings. The van der Waals surface area contributed by atoms with Gasteiger partial charge in [-0.2, -0.15) is 0 Å². The molecule has 0 aliphatic carbocycles. The van der Waals surface area contributed by atoms with E-state index >= 15 is 0 Å². The normalized spacial score (nSPS) is 14.6. The zero-order chi connectivity index (χ0) is 16.5. The van der Waals surface area contributed by atoms with E-state index in [1.807, 2.05) is 38.2 Å². The van der Waals surface area contributed by atoms with E-state index in [2.05, 4.69) is 32.2 Å². The van der Waals surface area contributed by atoms with Crippen molar-refractivity contribution in [2.75, 3.05) is 6.54 Å². The summed E-state index contributed by atoms with van der Waals surface area (Å²) < 4.78 is 5.61. The van der Waals surface area contributed by atoms with Gasteiger partial charge in [-0.1, -0.05) is 35.5 Å². The number of rotatable bonds is 3. The van der Waals surface area contributed by atoms with E-state index in [9.17, 15) is 0 Å². The standard InChI is InChI=1S/C19H20N4O/c1-13-17(19(24-22-13)15-6-4-3-5-7-15)12-23-9-8-18-16(11-23)10-20-14(2)21-18/h3-7,10H,8-9,11-12H2,1-2H3. The molecule has 0 saturated carbocycles. The van der Waals surface area contributed by atoms with Gasteiger partial charge in [0.2, 0.25) is 0 Å². The summed E-state index contributed by atoms with van der Waals surface area (Å²) in [6, 6.07) is 10.2. The quantitative estimate of drug-likeness (QED) is 0.741. The van der Waals surface area contributed by atoms with Gasteiger partial charge in [-0.15, -0.1) is 0 Å². The molecule has 0 N–H and O–H groups in total. The van der Waals surface area contributed by atoms with Gasteiger partial charge in [0.1, 0.15) is 5.82 Å². The van der Waals surface area contributed by atoms with Gasteiger partial charge in [0.05, 0.1) is 5.69 Å². The third kappa shape index (κ3) is 2.83. The Kier molecular flexibility index (Phi) is 3.86. The first-order chi connectivity index (χ1) is 11.7. The largest absolute Gasteiger partial charge is 0.356 e. The Labute approximate surface area is 141 Å². The summed E-state index contributed by atoms with van der Waals surface area (Å²) in [5.74, 6) is 1.72. The molecule has 0 saturated heterocycles. The lowest BCUT2D eigenvalue weighted by molar-refractivity contribution is 0.242. The summed E-state index contributed by atoms with van der Waals surface area (Å²) >= 11 is 0. The van der Waals surface area contributed by atoms with Crippen LogP contribution in [0.2, 0.25) is 0 Å². The van der Waals surface area contributed by atoms with Crippen molar-refractivity contribution in [2.45, 2.75) is 33.4 Å². The lowest BCUT2D eigenvalue weighted by Gasteiger charge is -2.27. The van der Waals surface area contributed by atoms with Crippen molar-refractivity contribution in [1.29, 1.82) is 0 Å². The second kappa shape index (κ2) is 6.17. The van der Waals surface area contributed by atoms with Crippen molar-refractivity contribution in [1.82, 2.24) is 20.0 Å². The first-order valence-electron chi connectivity index (χ1n) is 8.25. The van der Waals surface area contributed by atoms with Crippen LogP contribution in [-0.2, 0) is 19.5 Å². The summed E-state index contributed by atoms with van der Waals surface area (Å²) in [6.07, 6.45) is 2.92. The van der Waals surface area contributed by atoms with Crippen molar-refractivity contribution in [3.63, 3.8) is 0 Å². The van der Waals surface area contributed by atoms with Crippen LogP contribution in [0.3, 0.4) is 0 Å². The molecule has 1 aliphatic heterocycles. The highest BCUT2D eigenvalue weighted by atomic mass is 16.5. The Balaban J connectivity index is 1.59. The first kappa shape index (κ1) is 15.0. The number of fused-ring (bicyclic) bond motifs is 1. The molecule has 0 amide bonds. The second-order valence-electron chi connectivity index (χ2n) is 6.29. The van der Waals surface area contributed by atoms with Crippen LogP contribution in [0.5, 0.6) is 0 Å². The van der Waals surface area contributed by atoms with Crippen molar-refractivity contribution < 1.29 is 4.52 Å². The van der Waals surface area contributed by atoms with E-state index in [0.717, 1.165) is 54.5 Å². The van der Waals surface area contributed by atoms with E-state index in [4.69, 9.17) is 4.52 Å².